The second-order valence-electron chi connectivity index (χ2n) is 18.1. The molecular weight excluding hydrogens is 841 g/mol. The molecule has 386 valence electrons. The summed E-state index contributed by atoms with van der Waals surface area (Å²) < 4.78 is 16.8. The minimum absolute atomic E-state index is 0.110. The van der Waals surface area contributed by atoms with Crippen LogP contribution in [-0.2, 0) is 28.6 Å². The zero-order valence-corrected chi connectivity index (χ0v) is 44.1. The molecule has 0 amide bonds. The molecule has 0 heterocycles. The van der Waals surface area contributed by atoms with Crippen molar-refractivity contribution in [1.29, 1.82) is 0 Å². The van der Waals surface area contributed by atoms with Crippen molar-refractivity contribution in [2.75, 3.05) is 13.2 Å². The summed E-state index contributed by atoms with van der Waals surface area (Å²) in [6.07, 6.45) is 75.1. The van der Waals surface area contributed by atoms with Gasteiger partial charge in [-0.05, 0) is 103 Å². The zero-order valence-electron chi connectivity index (χ0n) is 44.1. The highest BCUT2D eigenvalue weighted by molar-refractivity contribution is 5.71. The molecule has 1 atom stereocenters. The normalized spacial score (nSPS) is 12.9. The number of allylic oxidation sites excluding steroid dienone is 18. The van der Waals surface area contributed by atoms with Gasteiger partial charge in [0.1, 0.15) is 13.2 Å². The van der Waals surface area contributed by atoms with Gasteiger partial charge in [-0.25, -0.2) is 0 Å². The molecule has 0 bridgehead atoms. The fourth-order valence-electron chi connectivity index (χ4n) is 7.34. The molecule has 6 heteroatoms. The summed E-state index contributed by atoms with van der Waals surface area (Å²) in [5.41, 5.74) is 0. The fraction of sp³-hybridized carbons (Fsp3) is 0.661. The molecule has 0 fully saturated rings. The van der Waals surface area contributed by atoms with Crippen molar-refractivity contribution in [3.05, 3.63) is 109 Å². The Morgan fingerprint density at radius 2 is 0.588 bits per heavy atom. The molecule has 0 aliphatic heterocycles. The molecule has 0 aliphatic rings. The van der Waals surface area contributed by atoms with Gasteiger partial charge in [0.2, 0.25) is 0 Å². The van der Waals surface area contributed by atoms with Crippen LogP contribution in [-0.4, -0.2) is 37.2 Å². The Morgan fingerprint density at radius 1 is 0.309 bits per heavy atom. The van der Waals surface area contributed by atoms with Gasteiger partial charge in [-0.3, -0.25) is 14.4 Å². The standard InChI is InChI=1S/C62H102O6/c1-4-7-10-13-16-19-22-25-28-30-31-33-34-37-40-43-46-49-52-55-61(64)67-58-59(57-66-60(63)54-51-48-45-42-39-36-27-24-21-18-15-12-9-6-3)68-62(65)56-53-50-47-44-41-38-35-32-29-26-23-20-17-14-11-8-5-2/h7,10,16-17,19-20,25-26,28-29,31,33,35,37-38,40,44,47,59H,4-6,8-9,11-15,18,21-24,27,30,32,34,36,39,41-43,45-46,48-58H2,1-3H3/b10-7-,19-16-,20-17-,28-25-,29-26-,33-31-,38-35-,40-37-,47-44-. The first-order chi connectivity index (χ1) is 33.5. The van der Waals surface area contributed by atoms with Gasteiger partial charge in [0.15, 0.2) is 6.10 Å². The summed E-state index contributed by atoms with van der Waals surface area (Å²) in [5, 5.41) is 0. The predicted octanol–water partition coefficient (Wildman–Crippen LogP) is 18.7. The van der Waals surface area contributed by atoms with Crippen LogP contribution in [0.5, 0.6) is 0 Å². The Hall–Kier alpha value is -3.93. The lowest BCUT2D eigenvalue weighted by Crippen LogP contribution is -2.30. The highest BCUT2D eigenvalue weighted by Gasteiger charge is 2.19. The summed E-state index contributed by atoms with van der Waals surface area (Å²) >= 11 is 0. The van der Waals surface area contributed by atoms with Crippen LogP contribution >= 0.6 is 0 Å². The lowest BCUT2D eigenvalue weighted by molar-refractivity contribution is -0.167. The molecule has 0 aromatic carbocycles. The molecule has 0 radical (unpaired) electrons. The van der Waals surface area contributed by atoms with Gasteiger partial charge in [-0.2, -0.15) is 0 Å². The molecule has 0 spiro atoms. The van der Waals surface area contributed by atoms with Crippen LogP contribution in [0, 0.1) is 0 Å². The summed E-state index contributed by atoms with van der Waals surface area (Å²) in [6.45, 7) is 6.42. The van der Waals surface area contributed by atoms with Crippen LogP contribution in [0.2, 0.25) is 0 Å². The molecule has 0 aromatic rings. The van der Waals surface area contributed by atoms with Crippen LogP contribution in [0.3, 0.4) is 0 Å². The SMILES string of the molecule is CC/C=C\C/C=C\C/C=C\C/C=C\C/C=C\CCCCCC(=O)OCC(COC(=O)CCCCCCCCCCCCCCCC)OC(=O)CCC/C=C\C/C=C\C/C=C\C/C=C\CCCCC. The van der Waals surface area contributed by atoms with Crippen LogP contribution < -0.4 is 0 Å². The maximum absolute atomic E-state index is 12.8. The molecule has 1 unspecified atom stereocenters. The quantitative estimate of drug-likeness (QED) is 0.0262. The minimum atomic E-state index is -0.821. The first-order valence-corrected chi connectivity index (χ1v) is 27.9. The molecule has 0 saturated carbocycles. The van der Waals surface area contributed by atoms with E-state index in [1.807, 2.05) is 0 Å². The summed E-state index contributed by atoms with van der Waals surface area (Å²) in [6, 6.07) is 0. The lowest BCUT2D eigenvalue weighted by atomic mass is 10.0. The van der Waals surface area contributed by atoms with E-state index in [1.165, 1.54) is 96.3 Å². The number of esters is 3. The maximum atomic E-state index is 12.8. The van der Waals surface area contributed by atoms with Gasteiger partial charge in [0, 0.05) is 19.3 Å². The van der Waals surface area contributed by atoms with E-state index in [2.05, 4.69) is 130 Å². The van der Waals surface area contributed by atoms with Gasteiger partial charge in [-0.1, -0.05) is 233 Å². The molecule has 68 heavy (non-hydrogen) atoms. The lowest BCUT2D eigenvalue weighted by Gasteiger charge is -2.18. The van der Waals surface area contributed by atoms with E-state index >= 15 is 0 Å². The Labute approximate surface area is 419 Å². The van der Waals surface area contributed by atoms with E-state index in [-0.39, 0.29) is 37.5 Å². The van der Waals surface area contributed by atoms with Gasteiger partial charge < -0.3 is 14.2 Å². The van der Waals surface area contributed by atoms with Crippen molar-refractivity contribution in [1.82, 2.24) is 0 Å². The minimum Gasteiger partial charge on any atom is -0.462 e. The third-order valence-corrected chi connectivity index (χ3v) is 11.5. The average molecular weight is 943 g/mol. The van der Waals surface area contributed by atoms with Gasteiger partial charge in [0.25, 0.3) is 0 Å². The first-order valence-electron chi connectivity index (χ1n) is 27.9. The highest BCUT2D eigenvalue weighted by Crippen LogP contribution is 2.14. The van der Waals surface area contributed by atoms with E-state index in [9.17, 15) is 14.4 Å². The number of carbonyl (C=O) groups excluding carboxylic acids is 3. The summed E-state index contributed by atoms with van der Waals surface area (Å²) in [5.74, 6) is -1.00. The number of rotatable bonds is 49. The van der Waals surface area contributed by atoms with Crippen molar-refractivity contribution >= 4 is 17.9 Å². The van der Waals surface area contributed by atoms with Gasteiger partial charge in [-0.15, -0.1) is 0 Å². The largest absolute Gasteiger partial charge is 0.462 e. The van der Waals surface area contributed by atoms with Gasteiger partial charge >= 0.3 is 17.9 Å². The second kappa shape index (κ2) is 55.7. The Kier molecular flexibility index (Phi) is 52.4. The van der Waals surface area contributed by atoms with E-state index in [0.717, 1.165) is 103 Å². The van der Waals surface area contributed by atoms with Crippen molar-refractivity contribution < 1.29 is 28.6 Å². The first kappa shape index (κ1) is 64.1. The van der Waals surface area contributed by atoms with Crippen LogP contribution in [0.4, 0.5) is 0 Å². The molecular formula is C62H102O6. The Bertz CT molecular complexity index is 1410. The fourth-order valence-corrected chi connectivity index (χ4v) is 7.34. The number of hydrogen-bond acceptors (Lipinski definition) is 6. The van der Waals surface area contributed by atoms with Crippen molar-refractivity contribution in [2.45, 2.75) is 252 Å². The summed E-state index contributed by atoms with van der Waals surface area (Å²) in [7, 11) is 0. The topological polar surface area (TPSA) is 78.9 Å². The molecule has 0 aromatic heterocycles. The van der Waals surface area contributed by atoms with Gasteiger partial charge in [0.05, 0.1) is 0 Å². The van der Waals surface area contributed by atoms with E-state index < -0.39 is 6.10 Å². The zero-order chi connectivity index (χ0) is 49.3. The molecule has 0 rings (SSSR count). The number of ether oxygens (including phenoxy) is 3. The van der Waals surface area contributed by atoms with Crippen LogP contribution in [0.25, 0.3) is 0 Å². The van der Waals surface area contributed by atoms with E-state index in [1.54, 1.807) is 0 Å². The third-order valence-electron chi connectivity index (χ3n) is 11.5. The highest BCUT2D eigenvalue weighted by atomic mass is 16.6. The van der Waals surface area contributed by atoms with E-state index in [0.29, 0.717) is 19.3 Å². The molecule has 0 saturated heterocycles. The average Bonchev–Trinajstić information content (AvgIpc) is 3.34. The predicted molar refractivity (Wildman–Crippen MR) is 293 cm³/mol. The third kappa shape index (κ3) is 53.0. The van der Waals surface area contributed by atoms with Crippen molar-refractivity contribution in [3.63, 3.8) is 0 Å². The Balaban J connectivity index is 4.54. The van der Waals surface area contributed by atoms with Crippen molar-refractivity contribution in [2.24, 2.45) is 0 Å². The molecule has 0 N–H and O–H groups in total. The number of hydrogen-bond donors (Lipinski definition) is 0. The van der Waals surface area contributed by atoms with Crippen LogP contribution in [0.1, 0.15) is 245 Å². The second-order valence-corrected chi connectivity index (χ2v) is 18.1. The molecule has 6 nitrogen and oxygen atoms in total. The monoisotopic (exact) mass is 943 g/mol. The Morgan fingerprint density at radius 3 is 0.971 bits per heavy atom. The number of unbranched alkanes of at least 4 members (excludes halogenated alkanes) is 20. The van der Waals surface area contributed by atoms with E-state index in [4.69, 9.17) is 14.2 Å². The molecule has 0 aliphatic carbocycles. The smallest absolute Gasteiger partial charge is 0.306 e. The maximum Gasteiger partial charge on any atom is 0.306 e. The number of carbonyl (C=O) groups is 3. The van der Waals surface area contributed by atoms with Crippen molar-refractivity contribution in [3.8, 4) is 0 Å². The van der Waals surface area contributed by atoms with Crippen LogP contribution in [0.15, 0.2) is 109 Å². The summed E-state index contributed by atoms with van der Waals surface area (Å²) in [4.78, 5) is 38.1.